The summed E-state index contributed by atoms with van der Waals surface area (Å²) in [5.74, 6) is -0.472. The van der Waals surface area contributed by atoms with E-state index in [4.69, 9.17) is 13.6 Å². The van der Waals surface area contributed by atoms with Gasteiger partial charge in [0.2, 0.25) is 0 Å². The van der Waals surface area contributed by atoms with Gasteiger partial charge in [-0.3, -0.25) is 0 Å². The molecule has 0 aliphatic heterocycles. The third-order valence-corrected chi connectivity index (χ3v) is 5.60. The smallest absolute Gasteiger partial charge is 0.374 e. The summed E-state index contributed by atoms with van der Waals surface area (Å²) in [6, 6.07) is 19.7. The lowest BCUT2D eigenvalue weighted by Gasteiger charge is -2.26. The monoisotopic (exact) mass is 342 g/mol. The Labute approximate surface area is 143 Å². The number of ether oxygens (including phenoxy) is 1. The third kappa shape index (κ3) is 6.12. The van der Waals surface area contributed by atoms with E-state index in [1.165, 1.54) is 0 Å². The molecule has 0 saturated heterocycles. The number of esters is 1. The molecule has 0 aliphatic carbocycles. The van der Waals surface area contributed by atoms with Crippen molar-refractivity contribution >= 4 is 14.5 Å². The van der Waals surface area contributed by atoms with Crippen LogP contribution < -0.4 is 0 Å². The Kier molecular flexibility index (Phi) is 6.93. The maximum absolute atomic E-state index is 11.4. The minimum Gasteiger partial charge on any atom is -0.461 e. The second-order valence-electron chi connectivity index (χ2n) is 5.49. The molecule has 126 valence electrons. The highest BCUT2D eigenvalue weighted by Crippen LogP contribution is 2.15. The molecule has 0 aromatic heterocycles. The van der Waals surface area contributed by atoms with Gasteiger partial charge in [0.05, 0.1) is 13.2 Å². The van der Waals surface area contributed by atoms with Crippen molar-refractivity contribution in [1.82, 2.24) is 0 Å². The SMILES string of the molecule is C=CC(=O)OC[Si](C)(OCc1ccccc1)OCc1ccccc1. The van der Waals surface area contributed by atoms with Crippen molar-refractivity contribution < 1.29 is 18.4 Å². The lowest BCUT2D eigenvalue weighted by molar-refractivity contribution is -0.136. The Morgan fingerprint density at radius 2 is 1.42 bits per heavy atom. The van der Waals surface area contributed by atoms with Crippen LogP contribution in [0.2, 0.25) is 6.55 Å². The summed E-state index contributed by atoms with van der Waals surface area (Å²) in [4.78, 5) is 11.4. The van der Waals surface area contributed by atoms with Crippen molar-refractivity contribution in [2.24, 2.45) is 0 Å². The molecule has 0 bridgehead atoms. The van der Waals surface area contributed by atoms with Crippen LogP contribution in [0.1, 0.15) is 11.1 Å². The van der Waals surface area contributed by atoms with E-state index in [1.54, 1.807) is 0 Å². The molecule has 4 nitrogen and oxygen atoms in total. The second kappa shape index (κ2) is 9.17. The van der Waals surface area contributed by atoms with Gasteiger partial charge in [-0.1, -0.05) is 67.2 Å². The van der Waals surface area contributed by atoms with Crippen LogP contribution in [0.5, 0.6) is 0 Å². The zero-order valence-corrected chi connectivity index (χ0v) is 14.8. The first-order chi connectivity index (χ1) is 11.6. The molecule has 2 rings (SSSR count). The van der Waals surface area contributed by atoms with Crippen molar-refractivity contribution in [3.05, 3.63) is 84.4 Å². The lowest BCUT2D eigenvalue weighted by Crippen LogP contribution is -2.44. The zero-order chi connectivity index (χ0) is 17.3. The Balaban J connectivity index is 1.99. The van der Waals surface area contributed by atoms with E-state index >= 15 is 0 Å². The van der Waals surface area contributed by atoms with Crippen molar-refractivity contribution in [1.29, 1.82) is 0 Å². The summed E-state index contributed by atoms with van der Waals surface area (Å²) in [7, 11) is -2.68. The fraction of sp³-hybridized carbons (Fsp3) is 0.211. The molecule has 5 heteroatoms. The highest BCUT2D eigenvalue weighted by Gasteiger charge is 2.34. The summed E-state index contributed by atoms with van der Waals surface area (Å²) < 4.78 is 17.3. The Hall–Kier alpha value is -2.21. The van der Waals surface area contributed by atoms with E-state index < -0.39 is 14.5 Å². The summed E-state index contributed by atoms with van der Waals surface area (Å²) >= 11 is 0. The average Bonchev–Trinajstić information content (AvgIpc) is 2.65. The van der Waals surface area contributed by atoms with Crippen LogP contribution in [0, 0.1) is 0 Å². The molecule has 0 radical (unpaired) electrons. The standard InChI is InChI=1S/C19H22O4Si/c1-3-19(20)21-16-24(2,22-14-17-10-6-4-7-11-17)23-15-18-12-8-5-9-13-18/h3-13H,1,14-16H2,2H3. The number of carbonyl (C=O) groups excluding carboxylic acids is 1. The average molecular weight is 342 g/mol. The Morgan fingerprint density at radius 3 is 1.83 bits per heavy atom. The van der Waals surface area contributed by atoms with Crippen LogP contribution in [-0.4, -0.2) is 20.8 Å². The van der Waals surface area contributed by atoms with Gasteiger partial charge in [0.15, 0.2) is 0 Å². The van der Waals surface area contributed by atoms with Crippen LogP contribution in [0.3, 0.4) is 0 Å². The predicted octanol–water partition coefficient (Wildman–Crippen LogP) is 3.76. The number of hydrogen-bond acceptors (Lipinski definition) is 4. The van der Waals surface area contributed by atoms with Crippen LogP contribution in [0.25, 0.3) is 0 Å². The quantitative estimate of drug-likeness (QED) is 0.395. The number of benzene rings is 2. The van der Waals surface area contributed by atoms with Gasteiger partial charge in [0.1, 0.15) is 6.23 Å². The van der Waals surface area contributed by atoms with Crippen molar-refractivity contribution in [3.63, 3.8) is 0 Å². The number of hydrogen-bond donors (Lipinski definition) is 0. The van der Waals surface area contributed by atoms with Gasteiger partial charge in [0, 0.05) is 6.08 Å². The molecule has 0 saturated carbocycles. The second-order valence-corrected chi connectivity index (χ2v) is 8.63. The minimum atomic E-state index is -2.68. The minimum absolute atomic E-state index is 0.123. The first-order valence-corrected chi connectivity index (χ1v) is 10.3. The van der Waals surface area contributed by atoms with Gasteiger partial charge in [-0.15, -0.1) is 0 Å². The molecule has 0 spiro atoms. The van der Waals surface area contributed by atoms with E-state index in [0.717, 1.165) is 17.2 Å². The Morgan fingerprint density at radius 1 is 0.958 bits per heavy atom. The molecular weight excluding hydrogens is 320 g/mol. The van der Waals surface area contributed by atoms with Crippen molar-refractivity contribution in [2.75, 3.05) is 6.23 Å². The van der Waals surface area contributed by atoms with Crippen LogP contribution in [0.15, 0.2) is 73.3 Å². The van der Waals surface area contributed by atoms with Gasteiger partial charge in [-0.2, -0.15) is 0 Å². The summed E-state index contributed by atoms with van der Waals surface area (Å²) in [5.41, 5.74) is 2.10. The van der Waals surface area contributed by atoms with Crippen molar-refractivity contribution in [2.45, 2.75) is 19.8 Å². The van der Waals surface area contributed by atoms with Crippen molar-refractivity contribution in [3.8, 4) is 0 Å². The molecule has 0 N–H and O–H groups in total. The third-order valence-electron chi connectivity index (χ3n) is 3.42. The fourth-order valence-electron chi connectivity index (χ4n) is 2.01. The lowest BCUT2D eigenvalue weighted by atomic mass is 10.2. The zero-order valence-electron chi connectivity index (χ0n) is 13.8. The van der Waals surface area contributed by atoms with E-state index in [2.05, 4.69) is 6.58 Å². The molecule has 0 aliphatic rings. The molecule has 0 fully saturated rings. The first kappa shape index (κ1) is 18.1. The van der Waals surface area contributed by atoms with E-state index in [1.807, 2.05) is 67.2 Å². The number of rotatable bonds is 9. The summed E-state index contributed by atoms with van der Waals surface area (Å²) in [6.45, 7) is 6.15. The normalized spacial score (nSPS) is 11.0. The molecule has 0 unspecified atom stereocenters. The van der Waals surface area contributed by atoms with Crippen LogP contribution >= 0.6 is 0 Å². The highest BCUT2D eigenvalue weighted by molar-refractivity contribution is 6.66. The molecule has 0 heterocycles. The van der Waals surface area contributed by atoms with E-state index in [-0.39, 0.29) is 6.23 Å². The summed E-state index contributed by atoms with van der Waals surface area (Å²) in [6.07, 6.45) is 1.26. The fourth-order valence-corrected chi connectivity index (χ4v) is 3.61. The van der Waals surface area contributed by atoms with Gasteiger partial charge in [0.25, 0.3) is 0 Å². The molecule has 2 aromatic rings. The Bertz CT molecular complexity index is 599. The van der Waals surface area contributed by atoms with Crippen LogP contribution in [0.4, 0.5) is 0 Å². The highest BCUT2D eigenvalue weighted by atomic mass is 28.4. The molecule has 2 aromatic carbocycles. The molecule has 0 amide bonds. The summed E-state index contributed by atoms with van der Waals surface area (Å²) in [5, 5.41) is 0. The first-order valence-electron chi connectivity index (χ1n) is 7.76. The van der Waals surface area contributed by atoms with Gasteiger partial charge < -0.3 is 13.6 Å². The predicted molar refractivity (Wildman–Crippen MR) is 95.2 cm³/mol. The molecule has 0 atom stereocenters. The topological polar surface area (TPSA) is 44.8 Å². The maximum Gasteiger partial charge on any atom is 0.374 e. The largest absolute Gasteiger partial charge is 0.461 e. The molecule has 24 heavy (non-hydrogen) atoms. The van der Waals surface area contributed by atoms with Crippen LogP contribution in [-0.2, 0) is 31.6 Å². The van der Waals surface area contributed by atoms with Gasteiger partial charge >= 0.3 is 14.5 Å². The number of carbonyl (C=O) groups is 1. The van der Waals surface area contributed by atoms with Gasteiger partial charge in [-0.05, 0) is 17.7 Å². The molecular formula is C19H22O4Si. The van der Waals surface area contributed by atoms with E-state index in [9.17, 15) is 4.79 Å². The van der Waals surface area contributed by atoms with Gasteiger partial charge in [-0.25, -0.2) is 4.79 Å². The maximum atomic E-state index is 11.4. The van der Waals surface area contributed by atoms with E-state index in [0.29, 0.717) is 13.2 Å².